The van der Waals surface area contributed by atoms with E-state index in [4.69, 9.17) is 9.84 Å². The predicted octanol–water partition coefficient (Wildman–Crippen LogP) is -2.39. The molecular formula is C10H14N4O5. The van der Waals surface area contributed by atoms with Gasteiger partial charge >= 0.3 is 0 Å². The van der Waals surface area contributed by atoms with E-state index in [0.717, 1.165) is 0 Å². The lowest BCUT2D eigenvalue weighted by Gasteiger charge is -2.16. The molecule has 0 amide bonds. The van der Waals surface area contributed by atoms with Crippen LogP contribution in [0.1, 0.15) is 6.23 Å². The van der Waals surface area contributed by atoms with Crippen molar-refractivity contribution in [3.8, 4) is 0 Å². The maximum Gasteiger partial charge on any atom is 0.165 e. The molecule has 5 N–H and O–H groups in total. The second-order valence-electron chi connectivity index (χ2n) is 4.11. The van der Waals surface area contributed by atoms with E-state index in [-0.39, 0.29) is 12.1 Å². The minimum Gasteiger partial charge on any atom is -0.412 e. The maximum atomic E-state index is 9.91. The molecule has 9 heteroatoms. The Labute approximate surface area is 107 Å². The molecule has 0 aliphatic carbocycles. The van der Waals surface area contributed by atoms with Crippen molar-refractivity contribution in [2.45, 2.75) is 24.5 Å². The largest absolute Gasteiger partial charge is 0.412 e. The Morgan fingerprint density at radius 3 is 2.74 bits per heavy atom. The van der Waals surface area contributed by atoms with Crippen LogP contribution in [0.2, 0.25) is 0 Å². The van der Waals surface area contributed by atoms with Crippen LogP contribution in [0.25, 0.3) is 11.2 Å². The van der Waals surface area contributed by atoms with Gasteiger partial charge in [0, 0.05) is 0 Å². The highest BCUT2D eigenvalue weighted by Gasteiger charge is 2.43. The Morgan fingerprint density at radius 2 is 2.05 bits per heavy atom. The molecule has 0 unspecified atom stereocenters. The molecular weight excluding hydrogens is 256 g/mol. The van der Waals surface area contributed by atoms with Crippen molar-refractivity contribution in [3.63, 3.8) is 0 Å². The van der Waals surface area contributed by atoms with E-state index in [1.807, 2.05) is 0 Å². The number of hydrogen-bond donors (Lipinski definition) is 3. The summed E-state index contributed by atoms with van der Waals surface area (Å²) in [5.41, 5.74) is 1.06. The number of nitrogens with zero attached hydrogens (tertiary/aromatic N) is 4. The van der Waals surface area contributed by atoms with Crippen molar-refractivity contribution in [2.24, 2.45) is 0 Å². The molecule has 0 aromatic carbocycles. The van der Waals surface area contributed by atoms with Crippen LogP contribution in [-0.4, -0.2) is 65.2 Å². The van der Waals surface area contributed by atoms with Crippen LogP contribution < -0.4 is 0 Å². The average Bonchev–Trinajstić information content (AvgIpc) is 2.93. The summed E-state index contributed by atoms with van der Waals surface area (Å²) < 4.78 is 6.91. The summed E-state index contributed by atoms with van der Waals surface area (Å²) in [6, 6.07) is 0. The van der Waals surface area contributed by atoms with Gasteiger partial charge in [-0.3, -0.25) is 4.57 Å². The van der Waals surface area contributed by atoms with Gasteiger partial charge in [0.15, 0.2) is 11.9 Å². The minimum atomic E-state index is -1.14. The van der Waals surface area contributed by atoms with Gasteiger partial charge in [-0.25, -0.2) is 15.0 Å². The van der Waals surface area contributed by atoms with Crippen LogP contribution in [0.5, 0.6) is 0 Å². The first-order valence-electron chi connectivity index (χ1n) is 5.47. The number of imidazole rings is 1. The topological polar surface area (TPSA) is 145 Å². The third-order valence-electron chi connectivity index (χ3n) is 3.03. The average molecular weight is 270 g/mol. The number of fused-ring (bicyclic) bond motifs is 1. The SMILES string of the molecule is O.OC[C@H]1O[C@@H](n2cnc3cncnc32)[C@H](O)[C@@H]1O. The van der Waals surface area contributed by atoms with Crippen LogP contribution >= 0.6 is 0 Å². The fourth-order valence-electron chi connectivity index (χ4n) is 2.08. The number of aliphatic hydroxyl groups excluding tert-OH is 3. The molecule has 1 aliphatic heterocycles. The number of aliphatic hydroxyl groups is 3. The van der Waals surface area contributed by atoms with Crippen molar-refractivity contribution >= 4 is 11.2 Å². The zero-order chi connectivity index (χ0) is 12.7. The van der Waals surface area contributed by atoms with E-state index in [2.05, 4.69) is 15.0 Å². The number of hydrogen-bond acceptors (Lipinski definition) is 7. The Kier molecular flexibility index (Phi) is 3.73. The van der Waals surface area contributed by atoms with Crippen LogP contribution in [-0.2, 0) is 4.74 Å². The first kappa shape index (κ1) is 13.8. The lowest BCUT2D eigenvalue weighted by molar-refractivity contribution is -0.0511. The van der Waals surface area contributed by atoms with Crippen molar-refractivity contribution in [1.29, 1.82) is 0 Å². The van der Waals surface area contributed by atoms with Gasteiger partial charge in [0.1, 0.15) is 30.2 Å². The van der Waals surface area contributed by atoms with Gasteiger partial charge < -0.3 is 25.5 Å². The molecule has 0 spiro atoms. The fourth-order valence-corrected chi connectivity index (χ4v) is 2.08. The maximum absolute atomic E-state index is 9.91. The molecule has 1 aliphatic rings. The molecule has 4 atom stereocenters. The molecule has 0 bridgehead atoms. The highest BCUT2D eigenvalue weighted by Crippen LogP contribution is 2.30. The summed E-state index contributed by atoms with van der Waals surface area (Å²) in [6.45, 7) is -0.365. The monoisotopic (exact) mass is 270 g/mol. The molecule has 9 nitrogen and oxygen atoms in total. The zero-order valence-corrected chi connectivity index (χ0v) is 9.79. The van der Waals surface area contributed by atoms with Gasteiger partial charge in [0.25, 0.3) is 0 Å². The first-order valence-corrected chi connectivity index (χ1v) is 5.47. The molecule has 1 fully saturated rings. The van der Waals surface area contributed by atoms with Crippen molar-refractivity contribution < 1.29 is 25.5 Å². The highest BCUT2D eigenvalue weighted by atomic mass is 16.6. The van der Waals surface area contributed by atoms with Crippen LogP contribution in [0.15, 0.2) is 18.9 Å². The Morgan fingerprint density at radius 1 is 1.26 bits per heavy atom. The van der Waals surface area contributed by atoms with E-state index in [1.165, 1.54) is 17.2 Å². The van der Waals surface area contributed by atoms with Gasteiger partial charge in [0.2, 0.25) is 0 Å². The summed E-state index contributed by atoms with van der Waals surface area (Å²) in [5.74, 6) is 0. The summed E-state index contributed by atoms with van der Waals surface area (Å²) in [7, 11) is 0. The van der Waals surface area contributed by atoms with Crippen molar-refractivity contribution in [3.05, 3.63) is 18.9 Å². The van der Waals surface area contributed by atoms with Gasteiger partial charge in [-0.1, -0.05) is 0 Å². The highest BCUT2D eigenvalue weighted by molar-refractivity contribution is 5.68. The van der Waals surface area contributed by atoms with E-state index in [1.54, 1.807) is 6.20 Å². The van der Waals surface area contributed by atoms with Gasteiger partial charge in [-0.2, -0.15) is 0 Å². The third-order valence-corrected chi connectivity index (χ3v) is 3.03. The predicted molar refractivity (Wildman–Crippen MR) is 61.9 cm³/mol. The van der Waals surface area contributed by atoms with E-state index in [9.17, 15) is 10.2 Å². The molecule has 0 saturated carbocycles. The molecule has 2 aromatic heterocycles. The Hall–Kier alpha value is -1.65. The van der Waals surface area contributed by atoms with Gasteiger partial charge in [0.05, 0.1) is 19.1 Å². The number of aromatic nitrogens is 4. The summed E-state index contributed by atoms with van der Waals surface area (Å²) in [4.78, 5) is 12.0. The quantitative estimate of drug-likeness (QED) is 0.552. The molecule has 2 aromatic rings. The van der Waals surface area contributed by atoms with E-state index in [0.29, 0.717) is 11.2 Å². The van der Waals surface area contributed by atoms with Gasteiger partial charge in [-0.15, -0.1) is 0 Å². The molecule has 3 rings (SSSR count). The minimum absolute atomic E-state index is 0. The molecule has 19 heavy (non-hydrogen) atoms. The molecule has 1 saturated heterocycles. The number of rotatable bonds is 2. The third kappa shape index (κ3) is 2.07. The van der Waals surface area contributed by atoms with E-state index < -0.39 is 24.5 Å². The lowest BCUT2D eigenvalue weighted by atomic mass is 10.1. The summed E-state index contributed by atoms with van der Waals surface area (Å²) in [6.07, 6.45) is 0.442. The standard InChI is InChI=1S/C10H12N4O4.H2O/c15-2-6-7(16)8(17)10(18-6)14-4-13-5-1-11-3-12-9(5)14;/h1,3-4,6-8,10,15-17H,2H2;1H2/t6-,7-,8-,10-;/m1./s1. The Bertz CT molecular complexity index is 562. The fraction of sp³-hybridized carbons (Fsp3) is 0.500. The lowest BCUT2D eigenvalue weighted by Crippen LogP contribution is -2.33. The smallest absolute Gasteiger partial charge is 0.165 e. The normalized spacial score (nSPS) is 30.5. The van der Waals surface area contributed by atoms with Crippen molar-refractivity contribution in [1.82, 2.24) is 19.5 Å². The second-order valence-corrected chi connectivity index (χ2v) is 4.11. The first-order chi connectivity index (χ1) is 8.72. The van der Waals surface area contributed by atoms with Gasteiger partial charge in [-0.05, 0) is 0 Å². The summed E-state index contributed by atoms with van der Waals surface area (Å²) >= 11 is 0. The summed E-state index contributed by atoms with van der Waals surface area (Å²) in [5, 5.41) is 28.6. The second kappa shape index (κ2) is 5.15. The van der Waals surface area contributed by atoms with Crippen molar-refractivity contribution in [2.75, 3.05) is 6.61 Å². The molecule has 0 radical (unpaired) electrons. The molecule has 3 heterocycles. The van der Waals surface area contributed by atoms with Crippen LogP contribution in [0.3, 0.4) is 0 Å². The molecule has 104 valence electrons. The van der Waals surface area contributed by atoms with Crippen LogP contribution in [0, 0.1) is 0 Å². The zero-order valence-electron chi connectivity index (χ0n) is 9.79. The number of ether oxygens (including phenoxy) is 1. The Balaban J connectivity index is 0.00000133. The van der Waals surface area contributed by atoms with Crippen LogP contribution in [0.4, 0.5) is 0 Å². The van der Waals surface area contributed by atoms with E-state index >= 15 is 0 Å².